The average molecular weight is 430 g/mol. The van der Waals surface area contributed by atoms with Crippen LogP contribution in [0, 0.1) is 5.41 Å². The number of hydrogen-bond acceptors (Lipinski definition) is 6. The monoisotopic (exact) mass is 429 g/mol. The average Bonchev–Trinajstić information content (AvgIpc) is 3.18. The second kappa shape index (κ2) is 8.37. The summed E-state index contributed by atoms with van der Waals surface area (Å²) in [6.45, 7) is 1.37. The van der Waals surface area contributed by atoms with Crippen LogP contribution < -0.4 is 16.4 Å². The molecule has 0 fully saturated rings. The van der Waals surface area contributed by atoms with Gasteiger partial charge in [-0.05, 0) is 41.8 Å². The van der Waals surface area contributed by atoms with Crippen molar-refractivity contribution in [1.82, 2.24) is 4.98 Å². The maximum atomic E-state index is 12.8. The van der Waals surface area contributed by atoms with Crippen molar-refractivity contribution in [2.24, 2.45) is 0 Å². The summed E-state index contributed by atoms with van der Waals surface area (Å²) in [5, 5.41) is 14.2. The number of nitrogens with two attached hydrogens (primary N) is 1. The van der Waals surface area contributed by atoms with E-state index in [1.54, 1.807) is 29.5 Å². The summed E-state index contributed by atoms with van der Waals surface area (Å²) < 4.78 is 1.13. The van der Waals surface area contributed by atoms with Gasteiger partial charge in [0.05, 0.1) is 0 Å². The molecule has 2 amide bonds. The van der Waals surface area contributed by atoms with E-state index in [0.717, 1.165) is 20.5 Å². The van der Waals surface area contributed by atoms with Gasteiger partial charge >= 0.3 is 0 Å². The summed E-state index contributed by atoms with van der Waals surface area (Å²) in [5.41, 5.74) is 8.93. The van der Waals surface area contributed by atoms with Crippen molar-refractivity contribution >= 4 is 56.6 Å². The Morgan fingerprint density at radius 2 is 1.90 bits per heavy atom. The summed E-state index contributed by atoms with van der Waals surface area (Å²) in [6.07, 6.45) is 2.62. The normalized spacial score (nSPS) is 10.6. The maximum Gasteiger partial charge on any atom is 0.255 e. The number of nitrogens with one attached hydrogen (secondary N) is 3. The Morgan fingerprint density at radius 3 is 2.65 bits per heavy atom. The molecule has 0 bridgehead atoms. The van der Waals surface area contributed by atoms with Crippen LogP contribution in [0.1, 0.15) is 22.8 Å². The molecule has 7 nitrogen and oxygen atoms in total. The van der Waals surface area contributed by atoms with Crippen LogP contribution in [0.4, 0.5) is 17.2 Å². The van der Waals surface area contributed by atoms with E-state index in [1.807, 2.05) is 30.3 Å². The topological polar surface area (TPSA) is 121 Å². The highest BCUT2D eigenvalue weighted by Crippen LogP contribution is 2.39. The number of rotatable bonds is 5. The van der Waals surface area contributed by atoms with E-state index >= 15 is 0 Å². The Hall–Kier alpha value is -4.04. The lowest BCUT2D eigenvalue weighted by atomic mass is 10.0. The Balaban J connectivity index is 1.69. The van der Waals surface area contributed by atoms with E-state index in [-0.39, 0.29) is 11.8 Å². The van der Waals surface area contributed by atoms with Crippen molar-refractivity contribution < 1.29 is 9.59 Å². The molecule has 0 saturated carbocycles. The summed E-state index contributed by atoms with van der Waals surface area (Å²) in [6, 6.07) is 16.6. The largest absolute Gasteiger partial charge is 0.398 e. The number of aromatic nitrogens is 1. The van der Waals surface area contributed by atoms with E-state index in [4.69, 9.17) is 11.1 Å². The molecular formula is C23H19N5O2S. The first kappa shape index (κ1) is 20.2. The predicted molar refractivity (Wildman–Crippen MR) is 126 cm³/mol. The highest BCUT2D eigenvalue weighted by atomic mass is 32.1. The highest BCUT2D eigenvalue weighted by molar-refractivity contribution is 7.22. The molecule has 4 aromatic rings. The van der Waals surface area contributed by atoms with Gasteiger partial charge in [0.15, 0.2) is 0 Å². The van der Waals surface area contributed by atoms with E-state index in [1.165, 1.54) is 25.4 Å². The number of carbonyl (C=O) groups is 2. The highest BCUT2D eigenvalue weighted by Gasteiger charge is 2.14. The van der Waals surface area contributed by atoms with Gasteiger partial charge in [-0.2, -0.15) is 0 Å². The minimum Gasteiger partial charge on any atom is -0.398 e. The van der Waals surface area contributed by atoms with E-state index in [0.29, 0.717) is 28.3 Å². The molecule has 2 heterocycles. The Labute approximate surface area is 182 Å². The number of nitrogen functional groups attached to an aromatic ring is 1. The van der Waals surface area contributed by atoms with Crippen molar-refractivity contribution in [1.29, 1.82) is 5.41 Å². The first-order valence-corrected chi connectivity index (χ1v) is 10.2. The van der Waals surface area contributed by atoms with Gasteiger partial charge in [0.25, 0.3) is 5.91 Å². The molecular weight excluding hydrogens is 410 g/mol. The van der Waals surface area contributed by atoms with Gasteiger partial charge < -0.3 is 21.8 Å². The summed E-state index contributed by atoms with van der Waals surface area (Å²) in [7, 11) is 0. The maximum absolute atomic E-state index is 12.8. The summed E-state index contributed by atoms with van der Waals surface area (Å²) >= 11 is 1.60. The van der Waals surface area contributed by atoms with E-state index in [2.05, 4.69) is 15.6 Å². The van der Waals surface area contributed by atoms with Crippen LogP contribution >= 0.6 is 11.3 Å². The first-order valence-electron chi connectivity index (χ1n) is 9.42. The second-order valence-corrected chi connectivity index (χ2v) is 7.97. The van der Waals surface area contributed by atoms with Crippen LogP contribution in [-0.4, -0.2) is 23.0 Å². The number of pyridine rings is 1. The van der Waals surface area contributed by atoms with Gasteiger partial charge in [0.1, 0.15) is 5.82 Å². The van der Waals surface area contributed by atoms with Gasteiger partial charge in [0, 0.05) is 57.0 Å². The van der Waals surface area contributed by atoms with Gasteiger partial charge in [-0.3, -0.25) is 9.59 Å². The van der Waals surface area contributed by atoms with Crippen LogP contribution in [0.5, 0.6) is 0 Å². The minimum absolute atomic E-state index is 0.271. The van der Waals surface area contributed by atoms with Crippen molar-refractivity contribution in [2.75, 3.05) is 16.4 Å². The number of carbonyl (C=O) groups excluding carboxylic acids is 2. The molecule has 154 valence electrons. The molecule has 0 aliphatic rings. The zero-order valence-electron chi connectivity index (χ0n) is 16.6. The number of fused-ring (bicyclic) bond motifs is 1. The summed E-state index contributed by atoms with van der Waals surface area (Å²) in [5.74, 6) is -0.340. The van der Waals surface area contributed by atoms with E-state index in [9.17, 15) is 9.59 Å². The molecule has 4 rings (SSSR count). The fourth-order valence-electron chi connectivity index (χ4n) is 3.21. The fraction of sp³-hybridized carbons (Fsp3) is 0.0435. The zero-order chi connectivity index (χ0) is 22.0. The number of thiophene rings is 1. The lowest BCUT2D eigenvalue weighted by Gasteiger charge is -2.12. The third kappa shape index (κ3) is 4.29. The zero-order valence-corrected chi connectivity index (χ0v) is 17.4. The second-order valence-electron chi connectivity index (χ2n) is 6.88. The van der Waals surface area contributed by atoms with Crippen molar-refractivity contribution in [3.8, 4) is 10.4 Å². The van der Waals surface area contributed by atoms with Gasteiger partial charge in [0.2, 0.25) is 5.91 Å². The SMILES string of the molecule is CC(=O)Nc1cc(C(=O)Nc2cc(C=N)c(N)c(-c3cc4ccccc4s3)c2)ccn1. The van der Waals surface area contributed by atoms with Crippen LogP contribution in [0.25, 0.3) is 20.5 Å². The predicted octanol–water partition coefficient (Wildman–Crippen LogP) is 4.75. The first-order chi connectivity index (χ1) is 14.9. The van der Waals surface area contributed by atoms with Gasteiger partial charge in [-0.15, -0.1) is 11.3 Å². The number of amides is 2. The van der Waals surface area contributed by atoms with Crippen molar-refractivity contribution in [3.63, 3.8) is 0 Å². The summed E-state index contributed by atoms with van der Waals surface area (Å²) in [4.78, 5) is 29.0. The minimum atomic E-state index is -0.364. The molecule has 2 aromatic carbocycles. The molecule has 0 atom stereocenters. The van der Waals surface area contributed by atoms with Crippen molar-refractivity contribution in [2.45, 2.75) is 6.92 Å². The third-order valence-electron chi connectivity index (χ3n) is 4.64. The standard InChI is InChI=1S/C23H19N5O2S/c1-13(29)27-21-10-15(6-7-26-21)23(30)28-17-8-16(12-24)22(25)18(11-17)20-9-14-4-2-3-5-19(14)31-20/h2-12,24H,25H2,1H3,(H,28,30)(H,26,27,29). The van der Waals surface area contributed by atoms with E-state index < -0.39 is 0 Å². The van der Waals surface area contributed by atoms with Crippen molar-refractivity contribution in [3.05, 3.63) is 71.9 Å². The lowest BCUT2D eigenvalue weighted by molar-refractivity contribution is -0.114. The molecule has 8 heteroatoms. The lowest BCUT2D eigenvalue weighted by Crippen LogP contribution is -2.14. The fourth-order valence-corrected chi connectivity index (χ4v) is 4.30. The van der Waals surface area contributed by atoms with Crippen LogP contribution in [0.2, 0.25) is 0 Å². The number of benzene rings is 2. The number of nitrogens with zero attached hydrogens (tertiary/aromatic N) is 1. The van der Waals surface area contributed by atoms with Crippen LogP contribution in [0.15, 0.2) is 60.8 Å². The van der Waals surface area contributed by atoms with Gasteiger partial charge in [-0.1, -0.05) is 18.2 Å². The van der Waals surface area contributed by atoms with Crippen LogP contribution in [0.3, 0.4) is 0 Å². The molecule has 0 spiro atoms. The Morgan fingerprint density at radius 1 is 1.10 bits per heavy atom. The molecule has 2 aromatic heterocycles. The molecule has 0 aliphatic heterocycles. The molecule has 0 saturated heterocycles. The van der Waals surface area contributed by atoms with Gasteiger partial charge in [-0.25, -0.2) is 4.98 Å². The Kier molecular flexibility index (Phi) is 5.46. The van der Waals surface area contributed by atoms with Crippen LogP contribution in [-0.2, 0) is 4.79 Å². The molecule has 5 N–H and O–H groups in total. The number of hydrogen-bond donors (Lipinski definition) is 4. The molecule has 31 heavy (non-hydrogen) atoms. The smallest absolute Gasteiger partial charge is 0.255 e. The molecule has 0 aliphatic carbocycles. The molecule has 0 unspecified atom stereocenters. The quantitative estimate of drug-likeness (QED) is 0.270. The molecule has 0 radical (unpaired) electrons. The Bertz CT molecular complexity index is 1300. The third-order valence-corrected chi connectivity index (χ3v) is 5.79. The number of anilines is 3.